The summed E-state index contributed by atoms with van der Waals surface area (Å²) in [5, 5.41) is 14.6. The molecule has 2 aromatic heterocycles. The van der Waals surface area contributed by atoms with Crippen LogP contribution in [0.3, 0.4) is 0 Å². The molecule has 3 N–H and O–H groups in total. The summed E-state index contributed by atoms with van der Waals surface area (Å²) < 4.78 is 0. The Hall–Kier alpha value is -2.02. The van der Waals surface area contributed by atoms with E-state index in [1.54, 1.807) is 30.5 Å². The highest BCUT2D eigenvalue weighted by Gasteiger charge is 2.05. The van der Waals surface area contributed by atoms with Gasteiger partial charge in [-0.25, -0.2) is 5.10 Å². The summed E-state index contributed by atoms with van der Waals surface area (Å²) in [7, 11) is 0. The first-order valence-electron chi connectivity index (χ1n) is 6.58. The van der Waals surface area contributed by atoms with E-state index in [4.69, 9.17) is 34.8 Å². The number of aromatic amines is 1. The van der Waals surface area contributed by atoms with Gasteiger partial charge in [0.2, 0.25) is 11.9 Å². The standard InChI is InChI=1S/C14H11Cl3N6/c15-8-1-2-11(18-6-8)7-19-13-21-14(23-22-13)20-12-4-9(16)3-10(17)5-12/h1-6H,7H2,(H3,19,20,21,22,23). The third kappa shape index (κ3) is 4.48. The first kappa shape index (κ1) is 15.9. The smallest absolute Gasteiger partial charge is 0.248 e. The largest absolute Gasteiger partial charge is 0.349 e. The van der Waals surface area contributed by atoms with Crippen LogP contribution in [-0.4, -0.2) is 20.2 Å². The van der Waals surface area contributed by atoms with Crippen LogP contribution in [-0.2, 0) is 6.54 Å². The lowest BCUT2D eigenvalue weighted by Gasteiger charge is -2.03. The predicted octanol–water partition coefficient (Wildman–Crippen LogP) is 4.52. The third-order valence-corrected chi connectivity index (χ3v) is 3.49. The maximum Gasteiger partial charge on any atom is 0.248 e. The number of hydrogen-bond acceptors (Lipinski definition) is 5. The summed E-state index contributed by atoms with van der Waals surface area (Å²) in [6, 6.07) is 8.72. The Morgan fingerprint density at radius 1 is 1.00 bits per heavy atom. The van der Waals surface area contributed by atoms with Gasteiger partial charge in [-0.3, -0.25) is 4.98 Å². The number of pyridine rings is 1. The summed E-state index contributed by atoms with van der Waals surface area (Å²) in [5.74, 6) is 0.910. The van der Waals surface area contributed by atoms with Crippen LogP contribution in [0.4, 0.5) is 17.6 Å². The average Bonchev–Trinajstić information content (AvgIpc) is 2.93. The van der Waals surface area contributed by atoms with E-state index >= 15 is 0 Å². The third-order valence-electron chi connectivity index (χ3n) is 2.83. The van der Waals surface area contributed by atoms with Crippen molar-refractivity contribution in [1.29, 1.82) is 0 Å². The average molecular weight is 370 g/mol. The molecule has 0 saturated heterocycles. The summed E-state index contributed by atoms with van der Waals surface area (Å²) in [5.41, 5.74) is 1.54. The zero-order chi connectivity index (χ0) is 16.2. The van der Waals surface area contributed by atoms with E-state index in [1.165, 1.54) is 0 Å². The van der Waals surface area contributed by atoms with Crippen LogP contribution in [0.2, 0.25) is 15.1 Å². The molecule has 3 aromatic rings. The minimum atomic E-state index is 0.398. The van der Waals surface area contributed by atoms with Gasteiger partial charge in [0.1, 0.15) is 0 Å². The van der Waals surface area contributed by atoms with E-state index in [0.717, 1.165) is 5.69 Å². The molecule has 0 atom stereocenters. The van der Waals surface area contributed by atoms with Gasteiger partial charge in [-0.05, 0) is 30.3 Å². The van der Waals surface area contributed by atoms with Gasteiger partial charge >= 0.3 is 0 Å². The molecule has 0 radical (unpaired) electrons. The fourth-order valence-corrected chi connectivity index (χ4v) is 2.47. The number of hydrogen-bond donors (Lipinski definition) is 3. The van der Waals surface area contributed by atoms with E-state index in [-0.39, 0.29) is 0 Å². The van der Waals surface area contributed by atoms with E-state index in [1.807, 2.05) is 6.07 Å². The van der Waals surface area contributed by atoms with Crippen LogP contribution >= 0.6 is 34.8 Å². The topological polar surface area (TPSA) is 78.5 Å². The molecule has 1 aromatic carbocycles. The fourth-order valence-electron chi connectivity index (χ4n) is 1.84. The second kappa shape index (κ2) is 7.04. The van der Waals surface area contributed by atoms with E-state index < -0.39 is 0 Å². The molecular weight excluding hydrogens is 359 g/mol. The first-order chi connectivity index (χ1) is 11.1. The molecule has 0 unspecified atom stereocenters. The number of halogens is 3. The number of aromatic nitrogens is 4. The summed E-state index contributed by atoms with van der Waals surface area (Å²) in [6.07, 6.45) is 1.59. The van der Waals surface area contributed by atoms with Gasteiger partial charge in [-0.2, -0.15) is 4.98 Å². The first-order valence-corrected chi connectivity index (χ1v) is 7.72. The Bertz CT molecular complexity index is 782. The molecule has 23 heavy (non-hydrogen) atoms. The van der Waals surface area contributed by atoms with Crippen LogP contribution < -0.4 is 10.6 Å². The number of nitrogens with zero attached hydrogens (tertiary/aromatic N) is 3. The molecule has 0 bridgehead atoms. The second-order valence-corrected chi connectivity index (χ2v) is 5.92. The molecule has 0 aliphatic rings. The highest BCUT2D eigenvalue weighted by Crippen LogP contribution is 2.24. The van der Waals surface area contributed by atoms with E-state index in [9.17, 15) is 0 Å². The molecule has 0 saturated carbocycles. The number of nitrogens with one attached hydrogen (secondary N) is 3. The van der Waals surface area contributed by atoms with Crippen LogP contribution in [0.25, 0.3) is 0 Å². The van der Waals surface area contributed by atoms with Gasteiger partial charge in [-0.15, -0.1) is 5.10 Å². The maximum atomic E-state index is 5.95. The zero-order valence-corrected chi connectivity index (χ0v) is 13.9. The lowest BCUT2D eigenvalue weighted by molar-refractivity contribution is 1.00. The lowest BCUT2D eigenvalue weighted by atomic mass is 10.3. The van der Waals surface area contributed by atoms with Crippen molar-refractivity contribution in [2.45, 2.75) is 6.54 Å². The Kier molecular flexibility index (Phi) is 4.85. The minimum absolute atomic E-state index is 0.398. The number of benzene rings is 1. The van der Waals surface area contributed by atoms with Gasteiger partial charge < -0.3 is 10.6 Å². The van der Waals surface area contributed by atoms with E-state index in [0.29, 0.717) is 39.2 Å². The molecule has 0 aliphatic heterocycles. The predicted molar refractivity (Wildman–Crippen MR) is 92.7 cm³/mol. The quantitative estimate of drug-likeness (QED) is 0.616. The SMILES string of the molecule is Clc1ccc(CNc2nc(Nc3cc(Cl)cc(Cl)c3)n[nH]2)nc1. The van der Waals surface area contributed by atoms with Crippen molar-refractivity contribution in [2.24, 2.45) is 0 Å². The molecule has 9 heteroatoms. The normalized spacial score (nSPS) is 10.6. The zero-order valence-electron chi connectivity index (χ0n) is 11.6. The Balaban J connectivity index is 1.62. The minimum Gasteiger partial charge on any atom is -0.349 e. The van der Waals surface area contributed by atoms with Crippen molar-refractivity contribution in [2.75, 3.05) is 10.6 Å². The molecule has 2 heterocycles. The van der Waals surface area contributed by atoms with Crippen molar-refractivity contribution >= 4 is 52.4 Å². The summed E-state index contributed by atoms with van der Waals surface area (Å²) in [4.78, 5) is 8.45. The summed E-state index contributed by atoms with van der Waals surface area (Å²) in [6.45, 7) is 0.495. The van der Waals surface area contributed by atoms with Crippen molar-refractivity contribution < 1.29 is 0 Å². The Labute approximate surface area is 147 Å². The Morgan fingerprint density at radius 2 is 1.78 bits per heavy atom. The van der Waals surface area contributed by atoms with Gasteiger partial charge in [0.25, 0.3) is 0 Å². The van der Waals surface area contributed by atoms with Crippen LogP contribution in [0, 0.1) is 0 Å². The molecule has 118 valence electrons. The lowest BCUT2D eigenvalue weighted by Crippen LogP contribution is -2.02. The van der Waals surface area contributed by atoms with Crippen molar-refractivity contribution in [3.8, 4) is 0 Å². The second-order valence-electron chi connectivity index (χ2n) is 4.61. The molecule has 0 amide bonds. The summed E-state index contributed by atoms with van der Waals surface area (Å²) >= 11 is 17.7. The van der Waals surface area contributed by atoms with Gasteiger partial charge in [0.05, 0.1) is 17.3 Å². The van der Waals surface area contributed by atoms with Crippen molar-refractivity contribution in [3.05, 3.63) is 57.3 Å². The van der Waals surface area contributed by atoms with Gasteiger partial charge in [-0.1, -0.05) is 34.8 Å². The van der Waals surface area contributed by atoms with Gasteiger partial charge in [0.15, 0.2) is 0 Å². The maximum absolute atomic E-state index is 5.95. The van der Waals surface area contributed by atoms with Crippen molar-refractivity contribution in [1.82, 2.24) is 20.2 Å². The number of anilines is 3. The van der Waals surface area contributed by atoms with Crippen LogP contribution in [0.15, 0.2) is 36.5 Å². The molecule has 0 aliphatic carbocycles. The highest BCUT2D eigenvalue weighted by atomic mass is 35.5. The highest BCUT2D eigenvalue weighted by molar-refractivity contribution is 6.35. The molecule has 3 rings (SSSR count). The van der Waals surface area contributed by atoms with E-state index in [2.05, 4.69) is 30.8 Å². The van der Waals surface area contributed by atoms with Crippen LogP contribution in [0.1, 0.15) is 5.69 Å². The van der Waals surface area contributed by atoms with Gasteiger partial charge in [0, 0.05) is 21.9 Å². The number of rotatable bonds is 5. The molecule has 0 spiro atoms. The monoisotopic (exact) mass is 368 g/mol. The van der Waals surface area contributed by atoms with Crippen molar-refractivity contribution in [3.63, 3.8) is 0 Å². The fraction of sp³-hybridized carbons (Fsp3) is 0.0714. The van der Waals surface area contributed by atoms with Crippen LogP contribution in [0.5, 0.6) is 0 Å². The number of H-pyrrole nitrogens is 1. The molecular formula is C14H11Cl3N6. The molecule has 0 fully saturated rings. The Morgan fingerprint density at radius 3 is 2.48 bits per heavy atom. The molecule has 6 nitrogen and oxygen atoms in total.